The van der Waals surface area contributed by atoms with E-state index in [1.54, 1.807) is 30.8 Å². The summed E-state index contributed by atoms with van der Waals surface area (Å²) in [5, 5.41) is 5.56. The van der Waals surface area contributed by atoms with E-state index in [2.05, 4.69) is 46.8 Å². The lowest BCUT2D eigenvalue weighted by Gasteiger charge is -2.07. The molecule has 0 aliphatic heterocycles. The lowest BCUT2D eigenvalue weighted by Crippen LogP contribution is -2.05. The third-order valence-electron chi connectivity index (χ3n) is 4.79. The molecule has 0 amide bonds. The number of pyridine rings is 1. The smallest absolute Gasteiger partial charge is 0.155 e. The van der Waals surface area contributed by atoms with Crippen LogP contribution in [0.4, 0.5) is 0 Å². The number of thiazole rings is 1. The van der Waals surface area contributed by atoms with E-state index in [4.69, 9.17) is 9.72 Å². The van der Waals surface area contributed by atoms with Gasteiger partial charge in [0, 0.05) is 35.2 Å². The Labute approximate surface area is 180 Å². The Morgan fingerprint density at radius 3 is 2.73 bits per heavy atom. The van der Waals surface area contributed by atoms with Gasteiger partial charge >= 0.3 is 0 Å². The first kappa shape index (κ1) is 20.0. The van der Waals surface area contributed by atoms with Crippen LogP contribution in [0.15, 0.2) is 36.7 Å². The molecule has 0 fully saturated rings. The Bertz CT molecular complexity index is 1210. The largest absolute Gasteiger partial charge is 0.495 e. The van der Waals surface area contributed by atoms with Crippen molar-refractivity contribution < 1.29 is 4.74 Å². The molecule has 4 aromatic heterocycles. The summed E-state index contributed by atoms with van der Waals surface area (Å²) >= 11 is 1.77. The molecule has 0 unspecified atom stereocenters. The highest BCUT2D eigenvalue weighted by atomic mass is 32.1. The molecular formula is C23H23N5OS. The Balaban J connectivity index is 1.45. The average molecular weight is 418 g/mol. The summed E-state index contributed by atoms with van der Waals surface area (Å²) in [6.45, 7) is 4.14. The first-order chi connectivity index (χ1) is 14.6. The third-order valence-corrected chi connectivity index (χ3v) is 5.92. The average Bonchev–Trinajstić information content (AvgIpc) is 3.35. The second kappa shape index (κ2) is 9.06. The van der Waals surface area contributed by atoms with Crippen LogP contribution in [-0.4, -0.2) is 31.7 Å². The standard InChI is InChI=1S/C23H23N5OS/c1-16-22(30-17(2)26-16)11-9-20-14-19(27-23-12-13-25-28(20)23)7-5-4-6-18-8-10-21(29-3)15-24-18/h8,10,12-15H,5,7,9,11H2,1-3H3. The molecule has 4 heterocycles. The van der Waals surface area contributed by atoms with Gasteiger partial charge in [0.2, 0.25) is 0 Å². The Hall–Kier alpha value is -3.24. The van der Waals surface area contributed by atoms with Crippen LogP contribution in [0.3, 0.4) is 0 Å². The van der Waals surface area contributed by atoms with Crippen LogP contribution in [0, 0.1) is 25.7 Å². The van der Waals surface area contributed by atoms with Gasteiger partial charge in [-0.05, 0) is 50.8 Å². The SMILES string of the molecule is COc1ccc(C#CCCc2cc(CCc3sc(C)nc3C)n3nccc3n2)nc1. The molecule has 0 radical (unpaired) electrons. The van der Waals surface area contributed by atoms with Crippen LogP contribution < -0.4 is 4.74 Å². The van der Waals surface area contributed by atoms with Gasteiger partial charge in [0.05, 0.1) is 30.2 Å². The monoisotopic (exact) mass is 417 g/mol. The molecule has 0 spiro atoms. The molecule has 0 aliphatic rings. The van der Waals surface area contributed by atoms with Crippen molar-refractivity contribution in [3.63, 3.8) is 0 Å². The van der Waals surface area contributed by atoms with Crippen molar-refractivity contribution in [1.82, 2.24) is 24.6 Å². The normalized spacial score (nSPS) is 10.8. The molecule has 6 nitrogen and oxygen atoms in total. The zero-order chi connectivity index (χ0) is 20.9. The molecule has 4 aromatic rings. The number of aryl methyl sites for hydroxylation is 5. The van der Waals surface area contributed by atoms with E-state index in [-0.39, 0.29) is 0 Å². The molecule has 0 N–H and O–H groups in total. The fourth-order valence-electron chi connectivity index (χ4n) is 3.31. The molecule has 7 heteroatoms. The van der Waals surface area contributed by atoms with E-state index in [9.17, 15) is 0 Å². The van der Waals surface area contributed by atoms with Crippen molar-refractivity contribution >= 4 is 17.0 Å². The molecule has 0 saturated carbocycles. The maximum absolute atomic E-state index is 5.12. The fraction of sp³-hybridized carbons (Fsp3) is 0.304. The molecule has 0 aliphatic carbocycles. The Morgan fingerprint density at radius 2 is 2.00 bits per heavy atom. The topological polar surface area (TPSA) is 65.2 Å². The summed E-state index contributed by atoms with van der Waals surface area (Å²) in [6, 6.07) is 7.83. The highest BCUT2D eigenvalue weighted by molar-refractivity contribution is 7.11. The second-order valence-electron chi connectivity index (χ2n) is 6.97. The van der Waals surface area contributed by atoms with E-state index in [0.29, 0.717) is 0 Å². The number of nitrogens with zero attached hydrogens (tertiary/aromatic N) is 5. The third kappa shape index (κ3) is 4.66. The van der Waals surface area contributed by atoms with Crippen molar-refractivity contribution in [1.29, 1.82) is 0 Å². The van der Waals surface area contributed by atoms with Crippen molar-refractivity contribution in [2.24, 2.45) is 0 Å². The molecule has 152 valence electrons. The van der Waals surface area contributed by atoms with Gasteiger partial charge in [-0.2, -0.15) is 5.10 Å². The minimum atomic E-state index is 0.720. The quantitative estimate of drug-likeness (QED) is 0.444. The summed E-state index contributed by atoms with van der Waals surface area (Å²) in [5.41, 5.74) is 4.95. The van der Waals surface area contributed by atoms with Crippen molar-refractivity contribution in [3.8, 4) is 17.6 Å². The summed E-state index contributed by atoms with van der Waals surface area (Å²) in [6.07, 6.45) is 6.84. The second-order valence-corrected chi connectivity index (χ2v) is 8.25. The van der Waals surface area contributed by atoms with Crippen LogP contribution in [0.25, 0.3) is 5.65 Å². The van der Waals surface area contributed by atoms with Gasteiger partial charge in [-0.15, -0.1) is 11.3 Å². The number of rotatable bonds is 6. The lowest BCUT2D eigenvalue weighted by molar-refractivity contribution is 0.413. The Morgan fingerprint density at radius 1 is 1.10 bits per heavy atom. The van der Waals surface area contributed by atoms with Crippen LogP contribution in [0.5, 0.6) is 5.75 Å². The van der Waals surface area contributed by atoms with E-state index < -0.39 is 0 Å². The van der Waals surface area contributed by atoms with Crippen LogP contribution in [0.2, 0.25) is 0 Å². The summed E-state index contributed by atoms with van der Waals surface area (Å²) in [5.74, 6) is 7.03. The number of fused-ring (bicyclic) bond motifs is 1. The minimum absolute atomic E-state index is 0.720. The molecule has 30 heavy (non-hydrogen) atoms. The predicted molar refractivity (Wildman–Crippen MR) is 118 cm³/mol. The van der Waals surface area contributed by atoms with Gasteiger partial charge in [-0.25, -0.2) is 19.5 Å². The fourth-order valence-corrected chi connectivity index (χ4v) is 4.24. The molecule has 0 atom stereocenters. The van der Waals surface area contributed by atoms with E-state index in [0.717, 1.165) is 64.9 Å². The first-order valence-corrected chi connectivity index (χ1v) is 10.7. The van der Waals surface area contributed by atoms with Crippen LogP contribution in [0.1, 0.15) is 39.1 Å². The van der Waals surface area contributed by atoms with E-state index in [1.807, 2.05) is 22.7 Å². The minimum Gasteiger partial charge on any atom is -0.495 e. The Kier molecular flexibility index (Phi) is 6.05. The zero-order valence-electron chi connectivity index (χ0n) is 17.3. The zero-order valence-corrected chi connectivity index (χ0v) is 18.2. The summed E-state index contributed by atoms with van der Waals surface area (Å²) in [4.78, 5) is 14.9. The maximum Gasteiger partial charge on any atom is 0.155 e. The van der Waals surface area contributed by atoms with Gasteiger partial charge < -0.3 is 4.74 Å². The van der Waals surface area contributed by atoms with Gasteiger partial charge in [-0.3, -0.25) is 0 Å². The van der Waals surface area contributed by atoms with E-state index >= 15 is 0 Å². The van der Waals surface area contributed by atoms with Gasteiger partial charge in [-0.1, -0.05) is 5.92 Å². The molecule has 4 rings (SSSR count). The molecule has 0 aromatic carbocycles. The first-order valence-electron chi connectivity index (χ1n) is 9.87. The maximum atomic E-state index is 5.12. The number of aromatic nitrogens is 5. The summed E-state index contributed by atoms with van der Waals surface area (Å²) in [7, 11) is 1.63. The molecule has 0 saturated heterocycles. The summed E-state index contributed by atoms with van der Waals surface area (Å²) < 4.78 is 7.05. The number of hydrogen-bond donors (Lipinski definition) is 0. The van der Waals surface area contributed by atoms with E-state index in [1.165, 1.54) is 4.88 Å². The lowest BCUT2D eigenvalue weighted by atomic mass is 10.1. The number of hydrogen-bond acceptors (Lipinski definition) is 6. The van der Waals surface area contributed by atoms with Crippen LogP contribution in [-0.2, 0) is 19.3 Å². The number of methoxy groups -OCH3 is 1. The highest BCUT2D eigenvalue weighted by Gasteiger charge is 2.10. The van der Waals surface area contributed by atoms with Crippen molar-refractivity contribution in [2.45, 2.75) is 39.5 Å². The van der Waals surface area contributed by atoms with Gasteiger partial charge in [0.25, 0.3) is 0 Å². The number of ether oxygens (including phenoxy) is 1. The molecule has 0 bridgehead atoms. The van der Waals surface area contributed by atoms with Gasteiger partial charge in [0.1, 0.15) is 11.4 Å². The van der Waals surface area contributed by atoms with Crippen molar-refractivity contribution in [3.05, 3.63) is 69.3 Å². The predicted octanol–water partition coefficient (Wildman–Crippen LogP) is 3.98. The van der Waals surface area contributed by atoms with Crippen molar-refractivity contribution in [2.75, 3.05) is 7.11 Å². The highest BCUT2D eigenvalue weighted by Crippen LogP contribution is 2.20. The van der Waals surface area contributed by atoms with Crippen LogP contribution >= 0.6 is 11.3 Å². The molecular weight excluding hydrogens is 394 g/mol. The van der Waals surface area contributed by atoms with Gasteiger partial charge in [0.15, 0.2) is 5.65 Å².